The molecule has 2 N–H and O–H groups in total. The minimum absolute atomic E-state index is 0.0352. The molecule has 0 fully saturated rings. The molecule has 2 amide bonds. The molecular weight excluding hydrogens is 290 g/mol. The van der Waals surface area contributed by atoms with Crippen molar-refractivity contribution >= 4 is 6.03 Å². The lowest BCUT2D eigenvalue weighted by Crippen LogP contribution is -2.43. The molecule has 0 radical (unpaired) electrons. The van der Waals surface area contributed by atoms with Crippen LogP contribution in [0.4, 0.5) is 4.79 Å². The quantitative estimate of drug-likeness (QED) is 0.782. The van der Waals surface area contributed by atoms with Gasteiger partial charge in [0.25, 0.3) is 0 Å². The second kappa shape index (κ2) is 9.58. The highest BCUT2D eigenvalue weighted by atomic mass is 16.3. The first-order valence-corrected chi connectivity index (χ1v) is 7.86. The van der Waals surface area contributed by atoms with E-state index in [9.17, 15) is 4.79 Å². The molecule has 0 unspecified atom stereocenters. The third-order valence-corrected chi connectivity index (χ3v) is 3.61. The second-order valence-electron chi connectivity index (χ2n) is 5.28. The first-order valence-electron chi connectivity index (χ1n) is 7.86. The van der Waals surface area contributed by atoms with E-state index >= 15 is 0 Å². The van der Waals surface area contributed by atoms with Crippen LogP contribution in [0.3, 0.4) is 0 Å². The molecule has 0 spiro atoms. The second-order valence-corrected chi connectivity index (χ2v) is 5.28. The number of pyridine rings is 1. The number of nitrogens with one attached hydrogen (secondary N) is 1. The molecule has 5 heteroatoms. The highest BCUT2D eigenvalue weighted by molar-refractivity contribution is 5.74. The number of aliphatic hydroxyl groups excluding tert-OH is 1. The molecule has 0 aliphatic carbocycles. The molecular formula is C18H23N3O2. The average Bonchev–Trinajstić information content (AvgIpc) is 2.60. The van der Waals surface area contributed by atoms with Crippen molar-refractivity contribution in [1.82, 2.24) is 15.2 Å². The number of aromatic nitrogens is 1. The van der Waals surface area contributed by atoms with Gasteiger partial charge in [-0.15, -0.1) is 0 Å². The number of urea groups is 1. The number of hydrogen-bond donors (Lipinski definition) is 2. The summed E-state index contributed by atoms with van der Waals surface area (Å²) in [5.74, 6) is 0. The van der Waals surface area contributed by atoms with Crippen molar-refractivity contribution in [3.05, 3.63) is 66.0 Å². The van der Waals surface area contributed by atoms with E-state index in [0.717, 1.165) is 18.4 Å². The third kappa shape index (κ3) is 6.08. The van der Waals surface area contributed by atoms with Crippen LogP contribution in [0.25, 0.3) is 0 Å². The van der Waals surface area contributed by atoms with Gasteiger partial charge in [-0.2, -0.15) is 0 Å². The Morgan fingerprint density at radius 1 is 1.00 bits per heavy atom. The minimum Gasteiger partial charge on any atom is -0.395 e. The van der Waals surface area contributed by atoms with Gasteiger partial charge in [-0.25, -0.2) is 4.79 Å². The standard InChI is InChI=1S/C18H23N3O2/c22-15-14-21(13-9-16-4-2-1-3-5-16)18(23)20-12-8-17-6-10-19-11-7-17/h1-7,10-11,22H,8-9,12-15H2,(H,20,23). The highest BCUT2D eigenvalue weighted by Gasteiger charge is 2.12. The lowest BCUT2D eigenvalue weighted by atomic mass is 10.1. The number of nitrogens with zero attached hydrogens (tertiary/aromatic N) is 2. The summed E-state index contributed by atoms with van der Waals surface area (Å²) >= 11 is 0. The summed E-state index contributed by atoms with van der Waals surface area (Å²) in [6.07, 6.45) is 5.03. The summed E-state index contributed by atoms with van der Waals surface area (Å²) in [5.41, 5.74) is 2.32. The number of amides is 2. The van der Waals surface area contributed by atoms with Crippen LogP contribution in [0, 0.1) is 0 Å². The number of carbonyl (C=O) groups is 1. The van der Waals surface area contributed by atoms with Crippen molar-refractivity contribution in [2.75, 3.05) is 26.2 Å². The zero-order valence-electron chi connectivity index (χ0n) is 13.2. The van der Waals surface area contributed by atoms with Crippen molar-refractivity contribution in [3.8, 4) is 0 Å². The Hall–Kier alpha value is -2.40. The van der Waals surface area contributed by atoms with Gasteiger partial charge < -0.3 is 15.3 Å². The van der Waals surface area contributed by atoms with Crippen molar-refractivity contribution < 1.29 is 9.90 Å². The van der Waals surface area contributed by atoms with Gasteiger partial charge in [0, 0.05) is 32.0 Å². The van der Waals surface area contributed by atoms with Gasteiger partial charge in [-0.3, -0.25) is 4.98 Å². The normalized spacial score (nSPS) is 10.3. The predicted molar refractivity (Wildman–Crippen MR) is 90.1 cm³/mol. The summed E-state index contributed by atoms with van der Waals surface area (Å²) in [5, 5.41) is 12.1. The minimum atomic E-state index is -0.135. The van der Waals surface area contributed by atoms with E-state index in [0.29, 0.717) is 19.6 Å². The Kier molecular flexibility index (Phi) is 7.07. The topological polar surface area (TPSA) is 65.5 Å². The van der Waals surface area contributed by atoms with Crippen LogP contribution in [0.15, 0.2) is 54.9 Å². The van der Waals surface area contributed by atoms with Gasteiger partial charge in [-0.05, 0) is 36.1 Å². The van der Waals surface area contributed by atoms with E-state index in [1.54, 1.807) is 17.3 Å². The van der Waals surface area contributed by atoms with Gasteiger partial charge in [-0.1, -0.05) is 30.3 Å². The zero-order valence-corrected chi connectivity index (χ0v) is 13.2. The zero-order chi connectivity index (χ0) is 16.3. The lowest BCUT2D eigenvalue weighted by molar-refractivity contribution is 0.178. The first kappa shape index (κ1) is 17.0. The fraction of sp³-hybridized carbons (Fsp3) is 0.333. The number of benzene rings is 1. The van der Waals surface area contributed by atoms with Gasteiger partial charge >= 0.3 is 6.03 Å². The van der Waals surface area contributed by atoms with Crippen LogP contribution in [0.2, 0.25) is 0 Å². The van der Waals surface area contributed by atoms with Crippen LogP contribution < -0.4 is 5.32 Å². The Bertz CT molecular complexity index is 575. The molecule has 5 nitrogen and oxygen atoms in total. The predicted octanol–water partition coefficient (Wildman–Crippen LogP) is 1.87. The molecule has 2 aromatic rings. The van der Waals surface area contributed by atoms with Crippen molar-refractivity contribution in [2.45, 2.75) is 12.8 Å². The van der Waals surface area contributed by atoms with Gasteiger partial charge in [0.1, 0.15) is 0 Å². The number of rotatable bonds is 8. The molecule has 1 heterocycles. The van der Waals surface area contributed by atoms with Crippen LogP contribution in [-0.2, 0) is 12.8 Å². The van der Waals surface area contributed by atoms with Gasteiger partial charge in [0.05, 0.1) is 6.61 Å². The van der Waals surface area contributed by atoms with Crippen molar-refractivity contribution in [3.63, 3.8) is 0 Å². The molecule has 1 aromatic heterocycles. The lowest BCUT2D eigenvalue weighted by Gasteiger charge is -2.22. The average molecular weight is 313 g/mol. The maximum atomic E-state index is 12.2. The Labute approximate surface area is 137 Å². The Morgan fingerprint density at radius 3 is 2.39 bits per heavy atom. The van der Waals surface area contributed by atoms with Crippen LogP contribution in [0.1, 0.15) is 11.1 Å². The van der Waals surface area contributed by atoms with Crippen LogP contribution >= 0.6 is 0 Å². The van der Waals surface area contributed by atoms with E-state index < -0.39 is 0 Å². The fourth-order valence-electron chi connectivity index (χ4n) is 2.32. The van der Waals surface area contributed by atoms with E-state index in [1.165, 1.54) is 5.56 Å². The molecule has 0 atom stereocenters. The smallest absolute Gasteiger partial charge is 0.317 e. The third-order valence-electron chi connectivity index (χ3n) is 3.61. The molecule has 0 bridgehead atoms. The van der Waals surface area contributed by atoms with Crippen LogP contribution in [0.5, 0.6) is 0 Å². The van der Waals surface area contributed by atoms with Crippen molar-refractivity contribution in [2.24, 2.45) is 0 Å². The number of carbonyl (C=O) groups excluding carboxylic acids is 1. The summed E-state index contributed by atoms with van der Waals surface area (Å²) in [4.78, 5) is 17.9. The molecule has 0 saturated carbocycles. The SMILES string of the molecule is O=C(NCCc1ccncc1)N(CCO)CCc1ccccc1. The fourth-order valence-corrected chi connectivity index (χ4v) is 2.32. The van der Waals surface area contributed by atoms with E-state index in [1.807, 2.05) is 42.5 Å². The molecule has 0 aliphatic rings. The first-order chi connectivity index (χ1) is 11.3. The molecule has 122 valence electrons. The van der Waals surface area contributed by atoms with Gasteiger partial charge in [0.15, 0.2) is 0 Å². The van der Waals surface area contributed by atoms with E-state index in [2.05, 4.69) is 10.3 Å². The largest absolute Gasteiger partial charge is 0.395 e. The van der Waals surface area contributed by atoms with Gasteiger partial charge in [0.2, 0.25) is 0 Å². The maximum Gasteiger partial charge on any atom is 0.317 e. The number of aliphatic hydroxyl groups is 1. The Morgan fingerprint density at radius 2 is 1.70 bits per heavy atom. The summed E-state index contributed by atoms with van der Waals surface area (Å²) in [6, 6.07) is 13.8. The molecule has 23 heavy (non-hydrogen) atoms. The number of hydrogen-bond acceptors (Lipinski definition) is 3. The summed E-state index contributed by atoms with van der Waals surface area (Å²) in [6.45, 7) is 1.46. The molecule has 2 rings (SSSR count). The highest BCUT2D eigenvalue weighted by Crippen LogP contribution is 2.02. The molecule has 0 saturated heterocycles. The monoisotopic (exact) mass is 313 g/mol. The molecule has 0 aliphatic heterocycles. The molecule has 1 aromatic carbocycles. The summed E-state index contributed by atoms with van der Waals surface area (Å²) < 4.78 is 0. The van der Waals surface area contributed by atoms with Crippen LogP contribution in [-0.4, -0.2) is 47.3 Å². The maximum absolute atomic E-state index is 12.2. The summed E-state index contributed by atoms with van der Waals surface area (Å²) in [7, 11) is 0. The van der Waals surface area contributed by atoms with Crippen molar-refractivity contribution in [1.29, 1.82) is 0 Å². The van der Waals surface area contributed by atoms with E-state index in [4.69, 9.17) is 5.11 Å². The Balaban J connectivity index is 1.78. The van der Waals surface area contributed by atoms with E-state index in [-0.39, 0.29) is 12.6 Å².